The quantitative estimate of drug-likeness (QED) is 0.705. The summed E-state index contributed by atoms with van der Waals surface area (Å²) in [6.45, 7) is 0. The number of hydrogen-bond acceptors (Lipinski definition) is 2. The second kappa shape index (κ2) is 4.31. The Labute approximate surface area is 109 Å². The molecule has 1 aromatic heterocycles. The number of hydrogen-bond donors (Lipinski definition) is 1. The number of fused-ring (bicyclic) bond motifs is 1. The van der Waals surface area contributed by atoms with Gasteiger partial charge in [-0.05, 0) is 29.8 Å². The van der Waals surface area contributed by atoms with Gasteiger partial charge in [-0.3, -0.25) is 4.98 Å². The topological polar surface area (TPSA) is 33.1 Å². The molecule has 0 saturated heterocycles. The summed E-state index contributed by atoms with van der Waals surface area (Å²) in [5.41, 5.74) is 2.82. The molecule has 0 aliphatic carbocycles. The molecule has 1 N–H and O–H groups in total. The monoisotopic (exact) mass is 255 g/mol. The molecule has 2 nitrogen and oxygen atoms in total. The first kappa shape index (κ1) is 11.1. The van der Waals surface area contributed by atoms with Gasteiger partial charge >= 0.3 is 0 Å². The average molecular weight is 256 g/mol. The number of nitrogens with zero attached hydrogens (tertiary/aromatic N) is 1. The Kier molecular flexibility index (Phi) is 2.65. The molecule has 0 radical (unpaired) electrons. The first-order chi connectivity index (χ1) is 8.74. The SMILES string of the molecule is Oc1cc(-c2cnc3ccccc3c2)ccc1Cl. The van der Waals surface area contributed by atoms with Gasteiger partial charge < -0.3 is 5.11 Å². The molecule has 88 valence electrons. The first-order valence-corrected chi connectivity index (χ1v) is 5.95. The molecule has 0 aliphatic heterocycles. The van der Waals surface area contributed by atoms with E-state index in [-0.39, 0.29) is 5.75 Å². The summed E-state index contributed by atoms with van der Waals surface area (Å²) in [4.78, 5) is 4.40. The standard InChI is InChI=1S/C15H10ClNO/c16-13-6-5-10(8-15(13)18)12-7-11-3-1-2-4-14(11)17-9-12/h1-9,18H. The summed E-state index contributed by atoms with van der Waals surface area (Å²) in [5, 5.41) is 11.1. The van der Waals surface area contributed by atoms with Crippen molar-refractivity contribution in [1.29, 1.82) is 0 Å². The summed E-state index contributed by atoms with van der Waals surface area (Å²) in [7, 11) is 0. The Morgan fingerprint density at radius 3 is 2.61 bits per heavy atom. The number of aromatic hydroxyl groups is 1. The van der Waals surface area contributed by atoms with Gasteiger partial charge in [0.05, 0.1) is 10.5 Å². The molecule has 3 heteroatoms. The van der Waals surface area contributed by atoms with Crippen LogP contribution in [0.25, 0.3) is 22.0 Å². The number of aromatic nitrogens is 1. The molecule has 0 aliphatic rings. The van der Waals surface area contributed by atoms with Crippen LogP contribution in [0, 0.1) is 0 Å². The van der Waals surface area contributed by atoms with Crippen LogP contribution in [0.5, 0.6) is 5.75 Å². The highest BCUT2D eigenvalue weighted by atomic mass is 35.5. The number of pyridine rings is 1. The van der Waals surface area contributed by atoms with Gasteiger partial charge in [-0.15, -0.1) is 0 Å². The zero-order valence-electron chi connectivity index (χ0n) is 9.47. The molecule has 0 saturated carbocycles. The molecule has 1 heterocycles. The molecule has 18 heavy (non-hydrogen) atoms. The Morgan fingerprint density at radius 2 is 1.78 bits per heavy atom. The zero-order chi connectivity index (χ0) is 12.5. The van der Waals surface area contributed by atoms with Crippen LogP contribution in [0.2, 0.25) is 5.02 Å². The lowest BCUT2D eigenvalue weighted by Gasteiger charge is -2.05. The molecule has 0 atom stereocenters. The van der Waals surface area contributed by atoms with Gasteiger partial charge in [0, 0.05) is 17.1 Å². The van der Waals surface area contributed by atoms with Gasteiger partial charge in [0.2, 0.25) is 0 Å². The summed E-state index contributed by atoms with van der Waals surface area (Å²) in [6.07, 6.45) is 1.80. The number of rotatable bonds is 1. The molecule has 0 bridgehead atoms. The first-order valence-electron chi connectivity index (χ1n) is 5.58. The number of phenols is 1. The molecule has 3 rings (SSSR count). The maximum Gasteiger partial charge on any atom is 0.134 e. The van der Waals surface area contributed by atoms with E-state index in [2.05, 4.69) is 4.98 Å². The fourth-order valence-corrected chi connectivity index (χ4v) is 2.04. The van der Waals surface area contributed by atoms with Crippen LogP contribution in [0.1, 0.15) is 0 Å². The molecule has 0 fully saturated rings. The van der Waals surface area contributed by atoms with Crippen molar-refractivity contribution in [3.63, 3.8) is 0 Å². The van der Waals surface area contributed by atoms with Crippen LogP contribution in [0.4, 0.5) is 0 Å². The number of para-hydroxylation sites is 1. The highest BCUT2D eigenvalue weighted by molar-refractivity contribution is 6.32. The molecule has 0 spiro atoms. The van der Waals surface area contributed by atoms with Crippen LogP contribution in [-0.2, 0) is 0 Å². The lowest BCUT2D eigenvalue weighted by Crippen LogP contribution is -1.83. The van der Waals surface area contributed by atoms with Gasteiger partial charge in [0.15, 0.2) is 0 Å². The maximum atomic E-state index is 9.62. The second-order valence-electron chi connectivity index (χ2n) is 4.08. The maximum absolute atomic E-state index is 9.62. The smallest absolute Gasteiger partial charge is 0.134 e. The van der Waals surface area contributed by atoms with Crippen molar-refractivity contribution in [2.75, 3.05) is 0 Å². The third kappa shape index (κ3) is 1.91. The van der Waals surface area contributed by atoms with E-state index in [9.17, 15) is 5.11 Å². The van der Waals surface area contributed by atoms with Gasteiger partial charge in [-0.2, -0.15) is 0 Å². The van der Waals surface area contributed by atoms with E-state index >= 15 is 0 Å². The van der Waals surface area contributed by atoms with Gasteiger partial charge in [-0.25, -0.2) is 0 Å². The van der Waals surface area contributed by atoms with Crippen molar-refractivity contribution in [2.24, 2.45) is 0 Å². The van der Waals surface area contributed by atoms with E-state index < -0.39 is 0 Å². The minimum Gasteiger partial charge on any atom is -0.506 e. The van der Waals surface area contributed by atoms with Crippen molar-refractivity contribution in [2.45, 2.75) is 0 Å². The van der Waals surface area contributed by atoms with E-state index in [0.29, 0.717) is 5.02 Å². The Balaban J connectivity index is 2.16. The third-order valence-corrected chi connectivity index (χ3v) is 3.19. The number of benzene rings is 2. The van der Waals surface area contributed by atoms with Crippen LogP contribution in [-0.4, -0.2) is 10.1 Å². The average Bonchev–Trinajstić information content (AvgIpc) is 2.41. The van der Waals surface area contributed by atoms with Crippen LogP contribution >= 0.6 is 11.6 Å². The number of halogens is 1. The highest BCUT2D eigenvalue weighted by Gasteiger charge is 2.04. The molecular formula is C15H10ClNO. The molecule has 0 amide bonds. The van der Waals surface area contributed by atoms with E-state index in [0.717, 1.165) is 22.0 Å². The second-order valence-corrected chi connectivity index (χ2v) is 4.49. The Hall–Kier alpha value is -2.06. The molecule has 3 aromatic rings. The summed E-state index contributed by atoms with van der Waals surface area (Å²) in [5.74, 6) is 0.0855. The Morgan fingerprint density at radius 1 is 0.944 bits per heavy atom. The van der Waals surface area contributed by atoms with Gasteiger partial charge in [-0.1, -0.05) is 35.9 Å². The van der Waals surface area contributed by atoms with Gasteiger partial charge in [0.1, 0.15) is 5.75 Å². The van der Waals surface area contributed by atoms with Crippen LogP contribution in [0.15, 0.2) is 54.7 Å². The molecular weight excluding hydrogens is 246 g/mol. The van der Waals surface area contributed by atoms with E-state index in [1.54, 1.807) is 18.3 Å². The van der Waals surface area contributed by atoms with Gasteiger partial charge in [0.25, 0.3) is 0 Å². The van der Waals surface area contributed by atoms with Crippen LogP contribution < -0.4 is 0 Å². The Bertz CT molecular complexity index is 725. The van der Waals surface area contributed by atoms with Crippen LogP contribution in [0.3, 0.4) is 0 Å². The van der Waals surface area contributed by atoms with Crippen molar-refractivity contribution in [1.82, 2.24) is 4.98 Å². The summed E-state index contributed by atoms with van der Waals surface area (Å²) in [6, 6.07) is 15.2. The molecule has 2 aromatic carbocycles. The summed E-state index contributed by atoms with van der Waals surface area (Å²) >= 11 is 5.80. The fourth-order valence-electron chi connectivity index (χ4n) is 1.92. The lowest BCUT2D eigenvalue weighted by atomic mass is 10.1. The zero-order valence-corrected chi connectivity index (χ0v) is 10.2. The fraction of sp³-hybridized carbons (Fsp3) is 0. The molecule has 0 unspecified atom stereocenters. The summed E-state index contributed by atoms with van der Waals surface area (Å²) < 4.78 is 0. The normalized spacial score (nSPS) is 10.7. The minimum atomic E-state index is 0.0855. The van der Waals surface area contributed by atoms with Crippen molar-refractivity contribution in [3.05, 3.63) is 59.8 Å². The lowest BCUT2D eigenvalue weighted by molar-refractivity contribution is 0.476. The van der Waals surface area contributed by atoms with Crippen molar-refractivity contribution >= 4 is 22.5 Å². The predicted molar refractivity (Wildman–Crippen MR) is 73.9 cm³/mol. The van der Waals surface area contributed by atoms with Crippen molar-refractivity contribution in [3.8, 4) is 16.9 Å². The van der Waals surface area contributed by atoms with E-state index in [1.165, 1.54) is 0 Å². The van der Waals surface area contributed by atoms with E-state index in [4.69, 9.17) is 11.6 Å². The number of phenolic OH excluding ortho intramolecular Hbond substituents is 1. The predicted octanol–water partition coefficient (Wildman–Crippen LogP) is 4.26. The third-order valence-electron chi connectivity index (χ3n) is 2.87. The minimum absolute atomic E-state index is 0.0855. The van der Waals surface area contributed by atoms with E-state index in [1.807, 2.05) is 36.4 Å². The largest absolute Gasteiger partial charge is 0.506 e. The van der Waals surface area contributed by atoms with Crippen molar-refractivity contribution < 1.29 is 5.11 Å². The highest BCUT2D eigenvalue weighted by Crippen LogP contribution is 2.30.